The number of carbonyl (C=O) groups excluding carboxylic acids is 2. The Hall–Kier alpha value is -4.77. The lowest BCUT2D eigenvalue weighted by Gasteiger charge is -2.30. The van der Waals surface area contributed by atoms with Crippen molar-refractivity contribution in [2.75, 3.05) is 0 Å². The van der Waals surface area contributed by atoms with Crippen molar-refractivity contribution >= 4 is 64.9 Å². The average molecular weight is 576 g/mol. The molecule has 0 spiro atoms. The number of allylic oxidation sites excluding steroid dienone is 4. The van der Waals surface area contributed by atoms with Crippen LogP contribution in [-0.2, 0) is 16.8 Å². The third-order valence-electron chi connectivity index (χ3n) is 8.18. The Morgan fingerprint density at radius 1 is 0.667 bits per heavy atom. The molecule has 0 fully saturated rings. The standard InChI is InChI=1S/C38H23O2S2/c39-36(24-10-3-1-4-11-24)26-18-19-32-28(22-26)35-30(15-9-17-34(35)42-32)38(37(40)25-12-5-2-6-13-25)21-20-33-29(23-38)27-14-7-8-16-31(27)41-33/h1-23H/q+1. The lowest BCUT2D eigenvalue weighted by molar-refractivity contribution is 0.0943. The third-order valence-corrected chi connectivity index (χ3v) is 10.5. The van der Waals surface area contributed by atoms with Crippen molar-refractivity contribution in [3.8, 4) is 0 Å². The Bertz CT molecular complexity index is 2170. The zero-order chi connectivity index (χ0) is 28.3. The molecule has 198 valence electrons. The SMILES string of the molecule is O=C(c1ccccc1)c1ccc2sc3cccc(C4(C(=O)c5ccccc5)C=CC5=[S+]c6ccccc6C5=C4)c3c2c1. The van der Waals surface area contributed by atoms with Crippen LogP contribution in [0.15, 0.2) is 144 Å². The van der Waals surface area contributed by atoms with Gasteiger partial charge in [0.2, 0.25) is 21.1 Å². The summed E-state index contributed by atoms with van der Waals surface area (Å²) in [5.41, 5.74) is 4.13. The Morgan fingerprint density at radius 2 is 1.40 bits per heavy atom. The second-order valence-corrected chi connectivity index (χ2v) is 12.8. The molecule has 0 radical (unpaired) electrons. The number of benzene rings is 5. The number of hydrogen-bond acceptors (Lipinski definition) is 3. The van der Waals surface area contributed by atoms with Crippen LogP contribution in [0.2, 0.25) is 0 Å². The highest BCUT2D eigenvalue weighted by Crippen LogP contribution is 2.47. The van der Waals surface area contributed by atoms with Crippen LogP contribution in [0.1, 0.15) is 37.4 Å². The van der Waals surface area contributed by atoms with Crippen molar-refractivity contribution in [1.29, 1.82) is 0 Å². The molecule has 2 heterocycles. The van der Waals surface area contributed by atoms with Crippen LogP contribution in [0.25, 0.3) is 25.7 Å². The predicted molar refractivity (Wildman–Crippen MR) is 176 cm³/mol. The van der Waals surface area contributed by atoms with E-state index in [1.54, 1.807) is 22.7 Å². The molecule has 0 saturated heterocycles. The molecule has 0 saturated carbocycles. The molecule has 1 unspecified atom stereocenters. The summed E-state index contributed by atoms with van der Waals surface area (Å²) in [6.07, 6.45) is 6.38. The van der Waals surface area contributed by atoms with Gasteiger partial charge in [0.05, 0.1) is 16.6 Å². The van der Waals surface area contributed by atoms with Crippen molar-refractivity contribution in [3.05, 3.63) is 167 Å². The van der Waals surface area contributed by atoms with Crippen LogP contribution in [0, 0.1) is 0 Å². The highest BCUT2D eigenvalue weighted by atomic mass is 32.1. The van der Waals surface area contributed by atoms with Crippen LogP contribution in [0.5, 0.6) is 0 Å². The van der Waals surface area contributed by atoms with E-state index in [1.165, 1.54) is 4.90 Å². The zero-order valence-electron chi connectivity index (χ0n) is 22.4. The number of fused-ring (bicyclic) bond motifs is 6. The fourth-order valence-corrected chi connectivity index (χ4v) is 8.37. The molecule has 1 atom stereocenters. The predicted octanol–water partition coefficient (Wildman–Crippen LogP) is 8.69. The highest BCUT2D eigenvalue weighted by Gasteiger charge is 2.44. The maximum atomic E-state index is 14.7. The molecule has 5 aromatic carbocycles. The van der Waals surface area contributed by atoms with E-state index in [2.05, 4.69) is 54.6 Å². The first kappa shape index (κ1) is 25.0. The van der Waals surface area contributed by atoms with Crippen LogP contribution in [0.3, 0.4) is 0 Å². The molecule has 0 N–H and O–H groups in total. The Balaban J connectivity index is 1.40. The largest absolute Gasteiger partial charge is 0.292 e. The summed E-state index contributed by atoms with van der Waals surface area (Å²) < 4.78 is 2.18. The Morgan fingerprint density at radius 3 is 2.21 bits per heavy atom. The highest BCUT2D eigenvalue weighted by molar-refractivity contribution is 7.81. The fraction of sp³-hybridized carbons (Fsp3) is 0.0263. The van der Waals surface area contributed by atoms with Gasteiger partial charge in [-0.2, -0.15) is 0 Å². The van der Waals surface area contributed by atoms with Gasteiger partial charge in [0.25, 0.3) is 0 Å². The van der Waals surface area contributed by atoms with Crippen molar-refractivity contribution in [3.63, 3.8) is 0 Å². The van der Waals surface area contributed by atoms with Gasteiger partial charge in [0.15, 0.2) is 11.6 Å². The minimum Gasteiger partial charge on any atom is -0.292 e. The summed E-state index contributed by atoms with van der Waals surface area (Å²) in [5, 5.41) is 2.02. The van der Waals surface area contributed by atoms with Crippen molar-refractivity contribution in [1.82, 2.24) is 0 Å². The smallest absolute Gasteiger partial charge is 0.239 e. The molecule has 1 aromatic heterocycles. The van der Waals surface area contributed by atoms with Gasteiger partial charge in [0.1, 0.15) is 0 Å². The van der Waals surface area contributed by atoms with Gasteiger partial charge < -0.3 is 0 Å². The van der Waals surface area contributed by atoms with Gasteiger partial charge in [0, 0.05) is 49.0 Å². The molecule has 0 bridgehead atoms. The number of ketones is 2. The monoisotopic (exact) mass is 575 g/mol. The van der Waals surface area contributed by atoms with Crippen molar-refractivity contribution in [2.45, 2.75) is 10.3 Å². The number of thiophene rings is 1. The molecule has 0 amide bonds. The van der Waals surface area contributed by atoms with Gasteiger partial charge >= 0.3 is 0 Å². The minimum atomic E-state index is -1.02. The van der Waals surface area contributed by atoms with E-state index in [0.717, 1.165) is 41.7 Å². The summed E-state index contributed by atoms with van der Waals surface area (Å²) >= 11 is 3.44. The molecule has 42 heavy (non-hydrogen) atoms. The van der Waals surface area contributed by atoms with E-state index >= 15 is 0 Å². The van der Waals surface area contributed by atoms with Crippen molar-refractivity contribution < 1.29 is 9.59 Å². The first-order chi connectivity index (χ1) is 20.6. The number of hydrogen-bond donors (Lipinski definition) is 0. The molecule has 8 rings (SSSR count). The summed E-state index contributed by atoms with van der Waals surface area (Å²) in [6.45, 7) is 0. The maximum Gasteiger partial charge on any atom is 0.239 e. The molecular weight excluding hydrogens is 553 g/mol. The van der Waals surface area contributed by atoms with Crippen LogP contribution in [0.4, 0.5) is 0 Å². The Labute approximate surface area is 251 Å². The van der Waals surface area contributed by atoms with Gasteiger partial charge in [-0.05, 0) is 42.0 Å². The summed E-state index contributed by atoms with van der Waals surface area (Å²) in [6, 6.07) is 39.5. The molecular formula is C38H23O2S2+. The normalized spacial score (nSPS) is 17.0. The maximum absolute atomic E-state index is 14.7. The van der Waals surface area contributed by atoms with Gasteiger partial charge in [-0.25, -0.2) is 0 Å². The van der Waals surface area contributed by atoms with Gasteiger partial charge in [-0.1, -0.05) is 91.0 Å². The van der Waals surface area contributed by atoms with Crippen LogP contribution >= 0.6 is 11.3 Å². The fourth-order valence-electron chi connectivity index (χ4n) is 6.17. The second-order valence-electron chi connectivity index (χ2n) is 10.6. The molecule has 2 nitrogen and oxygen atoms in total. The number of carbonyl (C=O) groups is 2. The first-order valence-electron chi connectivity index (χ1n) is 13.8. The first-order valence-corrected chi connectivity index (χ1v) is 15.5. The van der Waals surface area contributed by atoms with Crippen LogP contribution < -0.4 is 0 Å². The lowest BCUT2D eigenvalue weighted by Crippen LogP contribution is -2.35. The van der Waals surface area contributed by atoms with E-state index in [4.69, 9.17) is 0 Å². The van der Waals surface area contributed by atoms with E-state index in [9.17, 15) is 9.59 Å². The summed E-state index contributed by atoms with van der Waals surface area (Å²) in [5.74, 6) is 0.0200. The topological polar surface area (TPSA) is 34.1 Å². The Kier molecular flexibility index (Phi) is 5.74. The van der Waals surface area contributed by atoms with E-state index in [0.29, 0.717) is 16.7 Å². The summed E-state index contributed by atoms with van der Waals surface area (Å²) in [7, 11) is 0. The molecule has 6 aromatic rings. The van der Waals surface area contributed by atoms with E-state index in [1.807, 2.05) is 84.9 Å². The molecule has 4 heteroatoms. The number of Topliss-reactive ketones (excluding diaryl/α,β-unsaturated/α-hetero) is 1. The average Bonchev–Trinajstić information content (AvgIpc) is 3.62. The quantitative estimate of drug-likeness (QED) is 0.117. The molecule has 2 aliphatic rings. The lowest BCUT2D eigenvalue weighted by atomic mass is 9.69. The minimum absolute atomic E-state index is 0.0112. The second kappa shape index (κ2) is 9.66. The van der Waals surface area contributed by atoms with Gasteiger partial charge in [-0.15, -0.1) is 11.3 Å². The summed E-state index contributed by atoms with van der Waals surface area (Å²) in [4.78, 5) is 30.5. The van der Waals surface area contributed by atoms with Crippen molar-refractivity contribution in [2.24, 2.45) is 0 Å². The molecule has 1 aliphatic carbocycles. The molecule has 1 aliphatic heterocycles. The van der Waals surface area contributed by atoms with E-state index in [-0.39, 0.29) is 11.6 Å². The van der Waals surface area contributed by atoms with Crippen LogP contribution in [-0.4, -0.2) is 16.4 Å². The third kappa shape index (κ3) is 3.80. The zero-order valence-corrected chi connectivity index (χ0v) is 24.0. The van der Waals surface area contributed by atoms with Gasteiger partial charge in [-0.3, -0.25) is 9.59 Å². The van der Waals surface area contributed by atoms with E-state index < -0.39 is 5.41 Å². The number of rotatable bonds is 5.